The monoisotopic (exact) mass is 245 g/mol. The minimum absolute atomic E-state index is 0.428. The lowest BCUT2D eigenvalue weighted by Crippen LogP contribution is -2.16. The van der Waals surface area contributed by atoms with Crippen molar-refractivity contribution in [1.29, 1.82) is 0 Å². The SMILES string of the molecule is CON=C1CCOc2c1ccc(Cl)c2Cl. The maximum absolute atomic E-state index is 6.02. The van der Waals surface area contributed by atoms with Gasteiger partial charge in [0.25, 0.3) is 0 Å². The van der Waals surface area contributed by atoms with E-state index in [-0.39, 0.29) is 0 Å². The zero-order chi connectivity index (χ0) is 10.8. The number of ether oxygens (including phenoxy) is 1. The summed E-state index contributed by atoms with van der Waals surface area (Å²) in [6.07, 6.45) is 0.707. The van der Waals surface area contributed by atoms with Crippen molar-refractivity contribution in [2.75, 3.05) is 13.7 Å². The van der Waals surface area contributed by atoms with E-state index in [1.165, 1.54) is 7.11 Å². The van der Waals surface area contributed by atoms with Gasteiger partial charge in [-0.15, -0.1) is 0 Å². The summed E-state index contributed by atoms with van der Waals surface area (Å²) in [5, 5.41) is 4.84. The largest absolute Gasteiger partial charge is 0.491 e. The van der Waals surface area contributed by atoms with Crippen LogP contribution in [0.4, 0.5) is 0 Å². The highest BCUT2D eigenvalue weighted by Gasteiger charge is 2.21. The topological polar surface area (TPSA) is 30.8 Å². The van der Waals surface area contributed by atoms with Crippen LogP contribution in [-0.4, -0.2) is 19.4 Å². The average molecular weight is 246 g/mol. The van der Waals surface area contributed by atoms with Crippen LogP contribution in [0.1, 0.15) is 12.0 Å². The van der Waals surface area contributed by atoms with E-state index < -0.39 is 0 Å². The second kappa shape index (κ2) is 4.29. The quantitative estimate of drug-likeness (QED) is 0.712. The number of nitrogens with zero attached hydrogens (tertiary/aromatic N) is 1. The summed E-state index contributed by atoms with van der Waals surface area (Å²) in [7, 11) is 1.51. The van der Waals surface area contributed by atoms with E-state index in [1.807, 2.05) is 6.07 Å². The summed E-state index contributed by atoms with van der Waals surface area (Å²) in [5.41, 5.74) is 1.68. The Kier molecular flexibility index (Phi) is 3.03. The highest BCUT2D eigenvalue weighted by atomic mass is 35.5. The van der Waals surface area contributed by atoms with Crippen molar-refractivity contribution in [3.63, 3.8) is 0 Å². The fourth-order valence-corrected chi connectivity index (χ4v) is 1.86. The van der Waals surface area contributed by atoms with Gasteiger partial charge in [0, 0.05) is 12.0 Å². The molecule has 0 unspecified atom stereocenters. The summed E-state index contributed by atoms with van der Waals surface area (Å²) >= 11 is 11.9. The summed E-state index contributed by atoms with van der Waals surface area (Å²) < 4.78 is 5.46. The number of oxime groups is 1. The standard InChI is InChI=1S/C10H9Cl2NO2/c1-14-13-8-4-5-15-10-6(8)2-3-7(11)9(10)12/h2-3H,4-5H2,1H3. The van der Waals surface area contributed by atoms with E-state index in [2.05, 4.69) is 5.16 Å². The Morgan fingerprint density at radius 3 is 2.93 bits per heavy atom. The first kappa shape index (κ1) is 10.6. The number of halogens is 2. The molecule has 0 aromatic heterocycles. The molecule has 15 heavy (non-hydrogen) atoms. The number of rotatable bonds is 1. The van der Waals surface area contributed by atoms with Gasteiger partial charge in [-0.2, -0.15) is 0 Å². The van der Waals surface area contributed by atoms with Gasteiger partial charge >= 0.3 is 0 Å². The number of benzene rings is 1. The lowest BCUT2D eigenvalue weighted by molar-refractivity contribution is 0.210. The van der Waals surface area contributed by atoms with Gasteiger partial charge in [-0.25, -0.2) is 0 Å². The fraction of sp³-hybridized carbons (Fsp3) is 0.300. The van der Waals surface area contributed by atoms with Crippen molar-refractivity contribution >= 4 is 28.9 Å². The fourth-order valence-electron chi connectivity index (χ4n) is 1.49. The van der Waals surface area contributed by atoms with Gasteiger partial charge in [0.15, 0.2) is 0 Å². The van der Waals surface area contributed by atoms with E-state index in [1.54, 1.807) is 6.07 Å². The molecule has 1 aliphatic heterocycles. The molecule has 1 aliphatic rings. The van der Waals surface area contributed by atoms with Crippen molar-refractivity contribution in [1.82, 2.24) is 0 Å². The average Bonchev–Trinajstić information content (AvgIpc) is 2.25. The van der Waals surface area contributed by atoms with Crippen molar-refractivity contribution in [3.8, 4) is 5.75 Å². The van der Waals surface area contributed by atoms with E-state index in [0.29, 0.717) is 28.8 Å². The third-order valence-electron chi connectivity index (χ3n) is 2.15. The van der Waals surface area contributed by atoms with Gasteiger partial charge in [-0.05, 0) is 12.1 Å². The maximum atomic E-state index is 6.02. The Labute approximate surface area is 97.6 Å². The minimum Gasteiger partial charge on any atom is -0.491 e. The van der Waals surface area contributed by atoms with E-state index in [4.69, 9.17) is 32.8 Å². The van der Waals surface area contributed by atoms with Crippen LogP contribution in [0, 0.1) is 0 Å². The molecule has 0 N–H and O–H groups in total. The zero-order valence-corrected chi connectivity index (χ0v) is 9.60. The minimum atomic E-state index is 0.428. The molecule has 0 saturated heterocycles. The van der Waals surface area contributed by atoms with Gasteiger partial charge in [0.1, 0.15) is 17.9 Å². The molecule has 0 radical (unpaired) electrons. The molecule has 0 spiro atoms. The smallest absolute Gasteiger partial charge is 0.148 e. The third kappa shape index (κ3) is 1.90. The molecule has 0 amide bonds. The molecular formula is C10H9Cl2NO2. The molecular weight excluding hydrogens is 237 g/mol. The van der Waals surface area contributed by atoms with Crippen LogP contribution in [0.2, 0.25) is 10.0 Å². The predicted octanol–water partition coefficient (Wildman–Crippen LogP) is 3.13. The highest BCUT2D eigenvalue weighted by Crippen LogP contribution is 2.37. The molecule has 0 saturated carbocycles. The molecule has 1 aromatic carbocycles. The lowest BCUT2D eigenvalue weighted by atomic mass is 10.0. The first-order valence-electron chi connectivity index (χ1n) is 4.45. The van der Waals surface area contributed by atoms with Gasteiger partial charge in [0.05, 0.1) is 17.3 Å². The van der Waals surface area contributed by atoms with Crippen molar-refractivity contribution in [2.24, 2.45) is 5.16 Å². The van der Waals surface area contributed by atoms with Crippen LogP contribution in [0.3, 0.4) is 0 Å². The van der Waals surface area contributed by atoms with Crippen LogP contribution in [0.5, 0.6) is 5.75 Å². The molecule has 2 rings (SSSR count). The van der Waals surface area contributed by atoms with Crippen molar-refractivity contribution < 1.29 is 9.57 Å². The Morgan fingerprint density at radius 2 is 2.20 bits per heavy atom. The molecule has 0 atom stereocenters. The summed E-state index contributed by atoms with van der Waals surface area (Å²) in [5.74, 6) is 0.589. The number of fused-ring (bicyclic) bond motifs is 1. The van der Waals surface area contributed by atoms with Crippen LogP contribution >= 0.6 is 23.2 Å². The van der Waals surface area contributed by atoms with Gasteiger partial charge in [0.2, 0.25) is 0 Å². The normalized spacial score (nSPS) is 17.1. The molecule has 0 aliphatic carbocycles. The Hall–Kier alpha value is -0.930. The molecule has 0 fully saturated rings. The zero-order valence-electron chi connectivity index (χ0n) is 8.09. The number of hydrogen-bond donors (Lipinski definition) is 0. The molecule has 80 valence electrons. The molecule has 3 nitrogen and oxygen atoms in total. The van der Waals surface area contributed by atoms with Crippen LogP contribution in [-0.2, 0) is 4.84 Å². The van der Waals surface area contributed by atoms with E-state index >= 15 is 0 Å². The number of hydrogen-bond acceptors (Lipinski definition) is 3. The molecule has 5 heteroatoms. The van der Waals surface area contributed by atoms with Gasteiger partial charge < -0.3 is 9.57 Å². The predicted molar refractivity (Wildman–Crippen MR) is 60.1 cm³/mol. The van der Waals surface area contributed by atoms with E-state index in [9.17, 15) is 0 Å². The molecule has 1 aromatic rings. The lowest BCUT2D eigenvalue weighted by Gasteiger charge is -2.19. The van der Waals surface area contributed by atoms with Crippen molar-refractivity contribution in [3.05, 3.63) is 27.7 Å². The first-order valence-corrected chi connectivity index (χ1v) is 5.21. The summed E-state index contributed by atoms with van der Waals surface area (Å²) in [6.45, 7) is 0.537. The Balaban J connectivity index is 2.54. The Bertz CT molecular complexity index is 418. The summed E-state index contributed by atoms with van der Waals surface area (Å²) in [6, 6.07) is 3.56. The van der Waals surface area contributed by atoms with Gasteiger partial charge in [-0.1, -0.05) is 28.4 Å². The van der Waals surface area contributed by atoms with E-state index in [0.717, 1.165) is 11.3 Å². The molecule has 0 bridgehead atoms. The molecule has 1 heterocycles. The highest BCUT2D eigenvalue weighted by molar-refractivity contribution is 6.43. The van der Waals surface area contributed by atoms with Gasteiger partial charge in [-0.3, -0.25) is 0 Å². The van der Waals surface area contributed by atoms with Crippen LogP contribution in [0.15, 0.2) is 17.3 Å². The first-order chi connectivity index (χ1) is 7.24. The Morgan fingerprint density at radius 1 is 1.40 bits per heavy atom. The summed E-state index contributed by atoms with van der Waals surface area (Å²) in [4.78, 5) is 4.76. The third-order valence-corrected chi connectivity index (χ3v) is 2.93. The van der Waals surface area contributed by atoms with Crippen LogP contribution in [0.25, 0.3) is 0 Å². The second-order valence-corrected chi connectivity index (χ2v) is 3.84. The maximum Gasteiger partial charge on any atom is 0.148 e. The van der Waals surface area contributed by atoms with Crippen molar-refractivity contribution in [2.45, 2.75) is 6.42 Å². The second-order valence-electron chi connectivity index (χ2n) is 3.06. The van der Waals surface area contributed by atoms with Crippen LogP contribution < -0.4 is 4.74 Å².